The van der Waals surface area contributed by atoms with Gasteiger partial charge in [-0.1, -0.05) is 18.2 Å². The smallest absolute Gasteiger partial charge is 0.326 e. The van der Waals surface area contributed by atoms with Crippen LogP contribution in [0.4, 0.5) is 0 Å². The third-order valence-electron chi connectivity index (χ3n) is 1.06. The molecule has 0 bridgehead atoms. The molecule has 0 saturated heterocycles. The zero-order valence-corrected chi connectivity index (χ0v) is 5.77. The van der Waals surface area contributed by atoms with E-state index < -0.39 is 0 Å². The molecule has 0 radical (unpaired) electrons. The van der Waals surface area contributed by atoms with Gasteiger partial charge in [-0.15, -0.1) is 0 Å². The molecule has 58 valence electrons. The second-order valence-corrected chi connectivity index (χ2v) is 1.85. The van der Waals surface area contributed by atoms with Gasteiger partial charge in [-0.25, -0.2) is 0 Å². The number of benzene rings is 1. The summed E-state index contributed by atoms with van der Waals surface area (Å²) in [5, 5.41) is 10.8. The van der Waals surface area contributed by atoms with Gasteiger partial charge in [0.15, 0.2) is 0 Å². The van der Waals surface area contributed by atoms with Crippen LogP contribution in [0.25, 0.3) is 0 Å². The van der Waals surface area contributed by atoms with E-state index in [2.05, 4.69) is 5.16 Å². The minimum Gasteiger partial charge on any atom is -0.424 e. The van der Waals surface area contributed by atoms with E-state index in [4.69, 9.17) is 15.7 Å². The Labute approximate surface area is 63.9 Å². The van der Waals surface area contributed by atoms with Crippen molar-refractivity contribution in [3.63, 3.8) is 0 Å². The molecule has 0 unspecified atom stereocenters. The van der Waals surface area contributed by atoms with Gasteiger partial charge in [0, 0.05) is 0 Å². The summed E-state index contributed by atoms with van der Waals surface area (Å²) in [5.41, 5.74) is 5.08. The Kier molecular flexibility index (Phi) is 2.32. The molecule has 0 aliphatic rings. The van der Waals surface area contributed by atoms with E-state index in [1.165, 1.54) is 0 Å². The summed E-state index contributed by atoms with van der Waals surface area (Å²) in [5.74, 6) is 0.544. The van der Waals surface area contributed by atoms with E-state index in [9.17, 15) is 0 Å². The van der Waals surface area contributed by atoms with Gasteiger partial charge in [0.25, 0.3) is 0 Å². The van der Waals surface area contributed by atoms with Crippen LogP contribution >= 0.6 is 0 Å². The van der Waals surface area contributed by atoms with Crippen molar-refractivity contribution >= 4 is 6.02 Å². The molecule has 0 aromatic heterocycles. The molecule has 1 aromatic carbocycles. The summed E-state index contributed by atoms with van der Waals surface area (Å²) < 4.78 is 4.84. The number of hydrogen-bond donors (Lipinski definition) is 2. The number of hydrogen-bond acceptors (Lipinski definition) is 3. The zero-order valence-electron chi connectivity index (χ0n) is 5.77. The van der Waals surface area contributed by atoms with Crippen molar-refractivity contribution in [1.29, 1.82) is 0 Å². The van der Waals surface area contributed by atoms with Crippen molar-refractivity contribution in [2.75, 3.05) is 0 Å². The molecule has 3 N–H and O–H groups in total. The third kappa shape index (κ3) is 2.17. The average molecular weight is 152 g/mol. The average Bonchev–Trinajstić information content (AvgIpc) is 2.06. The number of para-hydroxylation sites is 1. The maximum atomic E-state index is 8.13. The van der Waals surface area contributed by atoms with Gasteiger partial charge >= 0.3 is 6.02 Å². The highest BCUT2D eigenvalue weighted by Gasteiger charge is 1.93. The van der Waals surface area contributed by atoms with Crippen molar-refractivity contribution in [2.24, 2.45) is 10.9 Å². The standard InChI is InChI=1S/C7H8N2O2/c8-7(9-10)11-6-4-2-1-3-5-6/h1-5,10H,(H2,8,9). The van der Waals surface area contributed by atoms with Gasteiger partial charge in [-0.3, -0.25) is 0 Å². The highest BCUT2D eigenvalue weighted by atomic mass is 16.5. The van der Waals surface area contributed by atoms with E-state index >= 15 is 0 Å². The fraction of sp³-hybridized carbons (Fsp3) is 0. The lowest BCUT2D eigenvalue weighted by Gasteiger charge is -2.00. The summed E-state index contributed by atoms with van der Waals surface area (Å²) in [6.07, 6.45) is 0. The Balaban J connectivity index is 2.65. The first-order valence-corrected chi connectivity index (χ1v) is 3.03. The first kappa shape index (κ1) is 7.40. The zero-order chi connectivity index (χ0) is 8.10. The molecule has 1 rings (SSSR count). The third-order valence-corrected chi connectivity index (χ3v) is 1.06. The van der Waals surface area contributed by atoms with E-state index in [0.29, 0.717) is 5.75 Å². The van der Waals surface area contributed by atoms with Gasteiger partial charge in [-0.05, 0) is 17.3 Å². The monoisotopic (exact) mass is 152 g/mol. The maximum Gasteiger partial charge on any atom is 0.326 e. The van der Waals surface area contributed by atoms with Crippen molar-refractivity contribution in [3.05, 3.63) is 30.3 Å². The number of ether oxygens (including phenoxy) is 1. The first-order valence-electron chi connectivity index (χ1n) is 3.03. The summed E-state index contributed by atoms with van der Waals surface area (Å²) in [7, 11) is 0. The van der Waals surface area contributed by atoms with Gasteiger partial charge in [0.2, 0.25) is 0 Å². The highest BCUT2D eigenvalue weighted by molar-refractivity contribution is 5.73. The molecule has 0 fully saturated rings. The van der Waals surface area contributed by atoms with Gasteiger partial charge in [-0.2, -0.15) is 0 Å². The molecular weight excluding hydrogens is 144 g/mol. The topological polar surface area (TPSA) is 67.8 Å². The summed E-state index contributed by atoms with van der Waals surface area (Å²) in [6.45, 7) is 0. The predicted molar refractivity (Wildman–Crippen MR) is 40.5 cm³/mol. The van der Waals surface area contributed by atoms with Crippen LogP contribution in [0.5, 0.6) is 5.75 Å². The van der Waals surface area contributed by atoms with Gasteiger partial charge in [0.1, 0.15) is 5.75 Å². The fourth-order valence-electron chi connectivity index (χ4n) is 0.630. The Hall–Kier alpha value is -1.71. The van der Waals surface area contributed by atoms with Crippen LogP contribution in [0.1, 0.15) is 0 Å². The van der Waals surface area contributed by atoms with Crippen LogP contribution in [0, 0.1) is 0 Å². The summed E-state index contributed by atoms with van der Waals surface area (Å²) in [4.78, 5) is 0. The molecule has 0 saturated carbocycles. The lowest BCUT2D eigenvalue weighted by Crippen LogP contribution is -2.19. The SMILES string of the molecule is NC(=NO)Oc1ccccc1. The van der Waals surface area contributed by atoms with Crippen LogP contribution in [0.2, 0.25) is 0 Å². The number of rotatable bonds is 1. The Bertz CT molecular complexity index is 246. The molecule has 0 heterocycles. The van der Waals surface area contributed by atoms with Crippen LogP contribution < -0.4 is 10.5 Å². The molecule has 0 aliphatic heterocycles. The van der Waals surface area contributed by atoms with Crippen LogP contribution in [-0.4, -0.2) is 11.2 Å². The van der Waals surface area contributed by atoms with Gasteiger partial charge < -0.3 is 15.7 Å². The van der Waals surface area contributed by atoms with Crippen molar-refractivity contribution in [1.82, 2.24) is 0 Å². The molecule has 4 nitrogen and oxygen atoms in total. The molecular formula is C7H8N2O2. The fourth-order valence-corrected chi connectivity index (χ4v) is 0.630. The Morgan fingerprint density at radius 3 is 2.55 bits per heavy atom. The minimum atomic E-state index is -0.267. The molecule has 0 spiro atoms. The van der Waals surface area contributed by atoms with Crippen LogP contribution in [-0.2, 0) is 0 Å². The molecule has 0 atom stereocenters. The predicted octanol–water partition coefficient (Wildman–Crippen LogP) is 0.769. The van der Waals surface area contributed by atoms with Crippen LogP contribution in [0.15, 0.2) is 35.5 Å². The van der Waals surface area contributed by atoms with Gasteiger partial charge in [0.05, 0.1) is 0 Å². The number of amidine groups is 1. The van der Waals surface area contributed by atoms with E-state index in [0.717, 1.165) is 0 Å². The van der Waals surface area contributed by atoms with E-state index in [1.54, 1.807) is 24.3 Å². The lowest BCUT2D eigenvalue weighted by molar-refractivity contribution is 0.302. The maximum absolute atomic E-state index is 8.13. The van der Waals surface area contributed by atoms with Crippen molar-refractivity contribution in [3.8, 4) is 5.75 Å². The second kappa shape index (κ2) is 3.46. The highest BCUT2D eigenvalue weighted by Crippen LogP contribution is 2.07. The number of nitrogens with zero attached hydrogens (tertiary/aromatic N) is 1. The summed E-state index contributed by atoms with van der Waals surface area (Å²) in [6, 6.07) is 8.58. The number of oxime groups is 1. The quantitative estimate of drug-likeness (QED) is 0.270. The molecule has 0 amide bonds. The largest absolute Gasteiger partial charge is 0.424 e. The van der Waals surface area contributed by atoms with Crippen LogP contribution in [0.3, 0.4) is 0 Å². The molecule has 4 heteroatoms. The van der Waals surface area contributed by atoms with Crippen molar-refractivity contribution < 1.29 is 9.94 Å². The van der Waals surface area contributed by atoms with Crippen molar-refractivity contribution in [2.45, 2.75) is 0 Å². The summed E-state index contributed by atoms with van der Waals surface area (Å²) >= 11 is 0. The molecule has 1 aromatic rings. The normalized spacial score (nSPS) is 11.1. The van der Waals surface area contributed by atoms with E-state index in [1.807, 2.05) is 6.07 Å². The first-order chi connectivity index (χ1) is 5.33. The Morgan fingerprint density at radius 1 is 1.36 bits per heavy atom. The second-order valence-electron chi connectivity index (χ2n) is 1.85. The molecule has 0 aliphatic carbocycles. The Morgan fingerprint density at radius 2 is 2.00 bits per heavy atom. The minimum absolute atomic E-state index is 0.267. The number of nitrogens with two attached hydrogens (primary N) is 1. The molecule has 11 heavy (non-hydrogen) atoms. The lowest BCUT2D eigenvalue weighted by atomic mass is 10.3. The van der Waals surface area contributed by atoms with E-state index in [-0.39, 0.29) is 6.02 Å².